The van der Waals surface area contributed by atoms with E-state index in [4.69, 9.17) is 0 Å². The van der Waals surface area contributed by atoms with E-state index < -0.39 is 0 Å². The zero-order valence-corrected chi connectivity index (χ0v) is 10.0. The van der Waals surface area contributed by atoms with Crippen LogP contribution in [-0.4, -0.2) is 10.8 Å². The standard InChI is InChI=1S/C13H19NO/c1-10-6-5-7-11(14-10)12(15)8-9-13(2,3)4/h5-7H,8-9H2,1-4H3. The van der Waals surface area contributed by atoms with Crippen LogP contribution >= 0.6 is 0 Å². The Morgan fingerprint density at radius 2 is 2.00 bits per heavy atom. The van der Waals surface area contributed by atoms with Gasteiger partial charge in [-0.15, -0.1) is 0 Å². The molecule has 1 aromatic rings. The molecule has 1 rings (SSSR count). The fraction of sp³-hybridized carbons (Fsp3) is 0.538. The van der Waals surface area contributed by atoms with Crippen LogP contribution in [0.4, 0.5) is 0 Å². The van der Waals surface area contributed by atoms with E-state index in [0.29, 0.717) is 12.1 Å². The first-order valence-corrected chi connectivity index (χ1v) is 5.35. The molecule has 1 aromatic heterocycles. The quantitative estimate of drug-likeness (QED) is 0.708. The van der Waals surface area contributed by atoms with E-state index in [2.05, 4.69) is 25.8 Å². The minimum atomic E-state index is 0.147. The zero-order chi connectivity index (χ0) is 11.5. The molecule has 0 unspecified atom stereocenters. The monoisotopic (exact) mass is 205 g/mol. The van der Waals surface area contributed by atoms with Crippen molar-refractivity contribution in [2.45, 2.75) is 40.5 Å². The highest BCUT2D eigenvalue weighted by Crippen LogP contribution is 2.21. The van der Waals surface area contributed by atoms with Crippen molar-refractivity contribution < 1.29 is 4.79 Å². The number of Topliss-reactive ketones (excluding diaryl/α,β-unsaturated/α-hetero) is 1. The van der Waals surface area contributed by atoms with Crippen molar-refractivity contribution in [3.05, 3.63) is 29.6 Å². The average Bonchev–Trinajstić information content (AvgIpc) is 2.13. The van der Waals surface area contributed by atoms with Crippen LogP contribution < -0.4 is 0 Å². The summed E-state index contributed by atoms with van der Waals surface area (Å²) in [6, 6.07) is 5.57. The van der Waals surface area contributed by atoms with E-state index in [1.807, 2.05) is 19.1 Å². The molecule has 0 saturated carbocycles. The van der Waals surface area contributed by atoms with E-state index in [0.717, 1.165) is 12.1 Å². The molecule has 0 saturated heterocycles. The van der Waals surface area contributed by atoms with Gasteiger partial charge in [0.2, 0.25) is 0 Å². The van der Waals surface area contributed by atoms with E-state index in [1.165, 1.54) is 0 Å². The molecule has 1 heterocycles. The normalized spacial score (nSPS) is 11.5. The van der Waals surface area contributed by atoms with Gasteiger partial charge in [-0.2, -0.15) is 0 Å². The summed E-state index contributed by atoms with van der Waals surface area (Å²) in [4.78, 5) is 16.0. The van der Waals surface area contributed by atoms with Crippen molar-refractivity contribution in [1.82, 2.24) is 4.98 Å². The number of rotatable bonds is 3. The third kappa shape index (κ3) is 4.24. The Morgan fingerprint density at radius 3 is 2.53 bits per heavy atom. The Balaban J connectivity index is 2.62. The minimum Gasteiger partial charge on any atom is -0.292 e. The third-order valence-corrected chi connectivity index (χ3v) is 2.28. The van der Waals surface area contributed by atoms with Crippen LogP contribution in [0, 0.1) is 12.3 Å². The third-order valence-electron chi connectivity index (χ3n) is 2.28. The van der Waals surface area contributed by atoms with Gasteiger partial charge in [0.05, 0.1) is 0 Å². The van der Waals surface area contributed by atoms with Crippen LogP contribution in [0.3, 0.4) is 0 Å². The van der Waals surface area contributed by atoms with Crippen molar-refractivity contribution in [3.8, 4) is 0 Å². The largest absolute Gasteiger partial charge is 0.292 e. The predicted octanol–water partition coefficient (Wildman–Crippen LogP) is 3.40. The Kier molecular flexibility index (Phi) is 3.61. The number of carbonyl (C=O) groups excluding carboxylic acids is 1. The molecule has 2 nitrogen and oxygen atoms in total. The van der Waals surface area contributed by atoms with Crippen LogP contribution in [0.1, 0.15) is 49.8 Å². The fourth-order valence-electron chi connectivity index (χ4n) is 1.31. The molecular formula is C13H19NO. The molecule has 2 heteroatoms. The number of aryl methyl sites for hydroxylation is 1. The van der Waals surface area contributed by atoms with Crippen molar-refractivity contribution in [2.24, 2.45) is 5.41 Å². The molecule has 0 amide bonds. The van der Waals surface area contributed by atoms with Gasteiger partial charge in [0, 0.05) is 12.1 Å². The first-order chi connectivity index (χ1) is 6.88. The lowest BCUT2D eigenvalue weighted by atomic mass is 9.89. The van der Waals surface area contributed by atoms with E-state index in [-0.39, 0.29) is 11.2 Å². The minimum absolute atomic E-state index is 0.147. The van der Waals surface area contributed by atoms with Crippen molar-refractivity contribution >= 4 is 5.78 Å². The molecule has 0 aromatic carbocycles. The highest BCUT2D eigenvalue weighted by molar-refractivity contribution is 5.94. The van der Waals surface area contributed by atoms with Gasteiger partial charge in [-0.3, -0.25) is 9.78 Å². The van der Waals surface area contributed by atoms with Gasteiger partial charge < -0.3 is 0 Å². The summed E-state index contributed by atoms with van der Waals surface area (Å²) < 4.78 is 0. The van der Waals surface area contributed by atoms with Gasteiger partial charge in [0.25, 0.3) is 0 Å². The first kappa shape index (κ1) is 11.9. The summed E-state index contributed by atoms with van der Waals surface area (Å²) in [6.07, 6.45) is 1.49. The number of carbonyl (C=O) groups is 1. The Bertz CT molecular complexity index is 350. The maximum Gasteiger partial charge on any atom is 0.181 e. The molecule has 0 radical (unpaired) electrons. The number of hydrogen-bond acceptors (Lipinski definition) is 2. The highest BCUT2D eigenvalue weighted by atomic mass is 16.1. The van der Waals surface area contributed by atoms with Gasteiger partial charge in [-0.25, -0.2) is 0 Å². The lowest BCUT2D eigenvalue weighted by molar-refractivity contribution is 0.0961. The summed E-state index contributed by atoms with van der Waals surface area (Å²) in [5.41, 5.74) is 1.70. The van der Waals surface area contributed by atoms with Crippen LogP contribution in [-0.2, 0) is 0 Å². The Labute approximate surface area is 91.7 Å². The van der Waals surface area contributed by atoms with Crippen LogP contribution in [0.25, 0.3) is 0 Å². The summed E-state index contributed by atoms with van der Waals surface area (Å²) >= 11 is 0. The molecule has 0 aliphatic heterocycles. The summed E-state index contributed by atoms with van der Waals surface area (Å²) in [7, 11) is 0. The molecule has 15 heavy (non-hydrogen) atoms. The lowest BCUT2D eigenvalue weighted by Gasteiger charge is -2.16. The lowest BCUT2D eigenvalue weighted by Crippen LogP contribution is -2.10. The van der Waals surface area contributed by atoms with Crippen molar-refractivity contribution in [3.63, 3.8) is 0 Å². The molecule has 0 aliphatic carbocycles. The number of nitrogens with zero attached hydrogens (tertiary/aromatic N) is 1. The average molecular weight is 205 g/mol. The Morgan fingerprint density at radius 1 is 1.33 bits per heavy atom. The first-order valence-electron chi connectivity index (χ1n) is 5.35. The van der Waals surface area contributed by atoms with Gasteiger partial charge in [0.1, 0.15) is 5.69 Å². The van der Waals surface area contributed by atoms with Crippen LogP contribution in [0.15, 0.2) is 18.2 Å². The molecule has 0 bridgehead atoms. The zero-order valence-electron chi connectivity index (χ0n) is 10.0. The Hall–Kier alpha value is -1.18. The summed E-state index contributed by atoms with van der Waals surface area (Å²) in [6.45, 7) is 8.33. The maximum absolute atomic E-state index is 11.8. The van der Waals surface area contributed by atoms with E-state index >= 15 is 0 Å². The smallest absolute Gasteiger partial charge is 0.181 e. The van der Waals surface area contributed by atoms with E-state index in [1.54, 1.807) is 6.07 Å². The van der Waals surface area contributed by atoms with Gasteiger partial charge in [-0.05, 0) is 30.9 Å². The summed E-state index contributed by atoms with van der Waals surface area (Å²) in [5, 5.41) is 0. The van der Waals surface area contributed by atoms with Gasteiger partial charge in [-0.1, -0.05) is 26.8 Å². The second-order valence-electron chi connectivity index (χ2n) is 5.15. The van der Waals surface area contributed by atoms with E-state index in [9.17, 15) is 4.79 Å². The fourth-order valence-corrected chi connectivity index (χ4v) is 1.31. The highest BCUT2D eigenvalue weighted by Gasteiger charge is 2.14. The molecular weight excluding hydrogens is 186 g/mol. The second kappa shape index (κ2) is 4.56. The molecule has 0 aliphatic rings. The van der Waals surface area contributed by atoms with Gasteiger partial charge in [0.15, 0.2) is 5.78 Å². The number of aromatic nitrogens is 1. The molecule has 82 valence electrons. The predicted molar refractivity (Wildman–Crippen MR) is 62.0 cm³/mol. The summed E-state index contributed by atoms with van der Waals surface area (Å²) in [5.74, 6) is 0.147. The molecule has 0 atom stereocenters. The number of hydrogen-bond donors (Lipinski definition) is 0. The van der Waals surface area contributed by atoms with Crippen molar-refractivity contribution in [2.75, 3.05) is 0 Å². The maximum atomic E-state index is 11.8. The molecule has 0 spiro atoms. The number of pyridine rings is 1. The number of ketones is 1. The SMILES string of the molecule is Cc1cccc(C(=O)CCC(C)(C)C)n1. The second-order valence-corrected chi connectivity index (χ2v) is 5.15. The topological polar surface area (TPSA) is 30.0 Å². The molecule has 0 fully saturated rings. The van der Waals surface area contributed by atoms with Crippen LogP contribution in [0.5, 0.6) is 0 Å². The van der Waals surface area contributed by atoms with Crippen molar-refractivity contribution in [1.29, 1.82) is 0 Å². The van der Waals surface area contributed by atoms with Crippen LogP contribution in [0.2, 0.25) is 0 Å². The molecule has 0 N–H and O–H groups in total. The van der Waals surface area contributed by atoms with Gasteiger partial charge >= 0.3 is 0 Å².